The third-order valence-electron chi connectivity index (χ3n) is 4.99. The van der Waals surface area contributed by atoms with Crippen molar-refractivity contribution in [2.45, 2.75) is 20.4 Å². The Hall–Kier alpha value is -4.47. The molecule has 5 N–H and O–H groups in total. The number of aromatic nitrogens is 3. The molecule has 32 heavy (non-hydrogen) atoms. The molecule has 0 aliphatic heterocycles. The number of nitrogens with zero attached hydrogens (tertiary/aromatic N) is 3. The number of anilines is 3. The number of aryl methyl sites for hydroxylation is 2. The van der Waals surface area contributed by atoms with E-state index in [1.54, 1.807) is 6.20 Å². The highest BCUT2D eigenvalue weighted by atomic mass is 16.3. The van der Waals surface area contributed by atoms with Crippen molar-refractivity contribution in [3.05, 3.63) is 76.1 Å². The Kier molecular flexibility index (Phi) is 5.67. The fourth-order valence-electron chi connectivity index (χ4n) is 3.50. The molecule has 162 valence electrons. The Morgan fingerprint density at radius 1 is 1.19 bits per heavy atom. The Morgan fingerprint density at radius 2 is 1.91 bits per heavy atom. The number of H-pyrrole nitrogens is 1. The highest BCUT2D eigenvalue weighted by Crippen LogP contribution is 2.28. The second-order valence-corrected chi connectivity index (χ2v) is 7.28. The molecule has 0 unspecified atom stereocenters. The zero-order chi connectivity index (χ0) is 22.7. The van der Waals surface area contributed by atoms with Gasteiger partial charge in [0, 0.05) is 17.8 Å². The summed E-state index contributed by atoms with van der Waals surface area (Å²) >= 11 is 0. The summed E-state index contributed by atoms with van der Waals surface area (Å²) in [5.41, 5.74) is 10.3. The first-order valence-corrected chi connectivity index (χ1v) is 9.77. The predicted molar refractivity (Wildman–Crippen MR) is 121 cm³/mol. The molecule has 0 fully saturated rings. The van der Waals surface area contributed by atoms with Crippen LogP contribution < -0.4 is 16.4 Å². The minimum Gasteiger partial charge on any atom is -0.444 e. The number of aromatic amines is 1. The molecular formula is C22H21N7O3. The number of carbonyl (C=O) groups is 1. The maximum Gasteiger partial charge on any atom is 0.256 e. The van der Waals surface area contributed by atoms with Crippen molar-refractivity contribution in [2.75, 3.05) is 10.6 Å². The second-order valence-electron chi connectivity index (χ2n) is 7.28. The third-order valence-corrected chi connectivity index (χ3v) is 4.99. The average Bonchev–Trinajstić information content (AvgIpc) is 3.43. The summed E-state index contributed by atoms with van der Waals surface area (Å²) in [4.78, 5) is 27.0. The van der Waals surface area contributed by atoms with Gasteiger partial charge in [0.2, 0.25) is 0 Å². The zero-order valence-corrected chi connectivity index (χ0v) is 17.5. The number of benzene rings is 2. The number of amides is 1. The van der Waals surface area contributed by atoms with Gasteiger partial charge in [-0.1, -0.05) is 12.1 Å². The lowest BCUT2D eigenvalue weighted by molar-refractivity contribution is 0.100. The van der Waals surface area contributed by atoms with Gasteiger partial charge in [-0.15, -0.1) is 4.91 Å². The van der Waals surface area contributed by atoms with E-state index in [9.17, 15) is 9.70 Å². The van der Waals surface area contributed by atoms with E-state index < -0.39 is 5.91 Å². The normalized spacial score (nSPS) is 10.7. The van der Waals surface area contributed by atoms with Gasteiger partial charge >= 0.3 is 0 Å². The second kappa shape index (κ2) is 8.72. The van der Waals surface area contributed by atoms with Gasteiger partial charge in [-0.05, 0) is 60.0 Å². The van der Waals surface area contributed by atoms with E-state index in [4.69, 9.17) is 10.2 Å². The van der Waals surface area contributed by atoms with Gasteiger partial charge in [0.25, 0.3) is 5.91 Å². The van der Waals surface area contributed by atoms with Crippen molar-refractivity contribution in [1.82, 2.24) is 15.2 Å². The van der Waals surface area contributed by atoms with Crippen LogP contribution in [0.1, 0.15) is 27.0 Å². The van der Waals surface area contributed by atoms with Gasteiger partial charge in [0.05, 0.1) is 6.20 Å². The van der Waals surface area contributed by atoms with E-state index in [0.717, 1.165) is 27.9 Å². The minimum absolute atomic E-state index is 0.212. The first kappa shape index (κ1) is 20.8. The Balaban J connectivity index is 1.51. The lowest BCUT2D eigenvalue weighted by Crippen LogP contribution is -2.15. The molecule has 10 heteroatoms. The van der Waals surface area contributed by atoms with Crippen LogP contribution in [-0.2, 0) is 6.54 Å². The van der Waals surface area contributed by atoms with Crippen LogP contribution >= 0.6 is 0 Å². The van der Waals surface area contributed by atoms with Crippen LogP contribution in [-0.4, -0.2) is 21.1 Å². The fraction of sp³-hybridized carbons (Fsp3) is 0.136. The highest BCUT2D eigenvalue weighted by Gasteiger charge is 2.19. The molecule has 0 bridgehead atoms. The molecule has 2 heterocycles. The molecule has 4 rings (SSSR count). The number of primary amides is 1. The first-order valence-electron chi connectivity index (χ1n) is 9.77. The third kappa shape index (κ3) is 4.19. The van der Waals surface area contributed by atoms with E-state index in [0.29, 0.717) is 29.6 Å². The monoisotopic (exact) mass is 431 g/mol. The van der Waals surface area contributed by atoms with E-state index in [-0.39, 0.29) is 5.56 Å². The van der Waals surface area contributed by atoms with Crippen LogP contribution in [0, 0.1) is 18.8 Å². The quantitative estimate of drug-likeness (QED) is 0.299. The predicted octanol–water partition coefficient (Wildman–Crippen LogP) is 4.53. The van der Waals surface area contributed by atoms with E-state index in [1.807, 2.05) is 50.2 Å². The summed E-state index contributed by atoms with van der Waals surface area (Å²) in [5.74, 6) is 0.726. The van der Waals surface area contributed by atoms with Crippen LogP contribution in [0.3, 0.4) is 0 Å². The number of nitroso groups, excluding NO2 is 1. The lowest BCUT2D eigenvalue weighted by Gasteiger charge is -2.10. The number of nitrogens with two attached hydrogens (primary N) is 1. The van der Waals surface area contributed by atoms with Crippen LogP contribution in [0.5, 0.6) is 0 Å². The van der Waals surface area contributed by atoms with Gasteiger partial charge in [-0.3, -0.25) is 9.89 Å². The summed E-state index contributed by atoms with van der Waals surface area (Å²) < 4.78 is 5.28. The van der Waals surface area contributed by atoms with Crippen molar-refractivity contribution in [1.29, 1.82) is 0 Å². The van der Waals surface area contributed by atoms with Crippen LogP contribution in [0.2, 0.25) is 0 Å². The van der Waals surface area contributed by atoms with Crippen molar-refractivity contribution < 1.29 is 9.21 Å². The lowest BCUT2D eigenvalue weighted by atomic mass is 10.0. The van der Waals surface area contributed by atoms with Gasteiger partial charge in [0.15, 0.2) is 18.0 Å². The molecule has 0 saturated carbocycles. The van der Waals surface area contributed by atoms with Gasteiger partial charge in [-0.25, -0.2) is 4.98 Å². The van der Waals surface area contributed by atoms with Crippen LogP contribution in [0.15, 0.2) is 58.6 Å². The van der Waals surface area contributed by atoms with Gasteiger partial charge in [0.1, 0.15) is 17.1 Å². The van der Waals surface area contributed by atoms with E-state index in [2.05, 4.69) is 31.0 Å². The fourth-order valence-corrected chi connectivity index (χ4v) is 3.50. The standard InChI is InChI=1S/C22H21N7O3/c1-12-7-14(8-13(2)19(12)29-31)9-25-21-18(20(23)30)22(28-27-21)26-16-5-3-15(4-6-16)17-10-24-11-32-17/h3-8,10-11H,9H2,1-2H3,(H2,23,30)(H3,25,26,27,28). The van der Waals surface area contributed by atoms with Crippen LogP contribution in [0.25, 0.3) is 11.3 Å². The summed E-state index contributed by atoms with van der Waals surface area (Å²) in [6.07, 6.45) is 3.00. The SMILES string of the molecule is Cc1cc(CNc2[nH]nc(Nc3ccc(-c4cnco4)cc3)c2C(N)=O)cc(C)c1N=O. The maximum atomic E-state index is 12.1. The molecule has 0 radical (unpaired) electrons. The number of hydrogen-bond donors (Lipinski definition) is 4. The average molecular weight is 431 g/mol. The summed E-state index contributed by atoms with van der Waals surface area (Å²) in [6.45, 7) is 4.05. The molecule has 0 spiro atoms. The molecule has 2 aromatic heterocycles. The Bertz CT molecular complexity index is 1240. The van der Waals surface area contributed by atoms with Gasteiger partial charge < -0.3 is 20.8 Å². The zero-order valence-electron chi connectivity index (χ0n) is 17.5. The molecule has 0 aliphatic carbocycles. The van der Waals surface area contributed by atoms with Crippen molar-refractivity contribution in [3.63, 3.8) is 0 Å². The number of nitrogens with one attached hydrogen (secondary N) is 3. The van der Waals surface area contributed by atoms with E-state index in [1.165, 1.54) is 6.39 Å². The van der Waals surface area contributed by atoms with Crippen molar-refractivity contribution >= 4 is 28.9 Å². The first-order chi connectivity index (χ1) is 15.5. The molecule has 0 atom stereocenters. The summed E-state index contributed by atoms with van der Waals surface area (Å²) in [7, 11) is 0. The molecular weight excluding hydrogens is 410 g/mol. The summed E-state index contributed by atoms with van der Waals surface area (Å²) in [5, 5.41) is 16.3. The molecule has 2 aromatic carbocycles. The van der Waals surface area contributed by atoms with E-state index >= 15 is 0 Å². The van der Waals surface area contributed by atoms with Crippen molar-refractivity contribution in [2.24, 2.45) is 10.9 Å². The molecule has 1 amide bonds. The number of carbonyl (C=O) groups excluding carboxylic acids is 1. The number of rotatable bonds is 8. The Labute approximate surface area is 183 Å². The smallest absolute Gasteiger partial charge is 0.256 e. The highest BCUT2D eigenvalue weighted by molar-refractivity contribution is 6.03. The largest absolute Gasteiger partial charge is 0.444 e. The van der Waals surface area contributed by atoms with Crippen molar-refractivity contribution in [3.8, 4) is 11.3 Å². The maximum absolute atomic E-state index is 12.1. The topological polar surface area (TPSA) is 151 Å². The summed E-state index contributed by atoms with van der Waals surface area (Å²) in [6, 6.07) is 11.1. The molecule has 10 nitrogen and oxygen atoms in total. The molecule has 0 saturated heterocycles. The van der Waals surface area contributed by atoms with Crippen LogP contribution in [0.4, 0.5) is 23.0 Å². The van der Waals surface area contributed by atoms with Gasteiger partial charge in [-0.2, -0.15) is 5.10 Å². The molecule has 0 aliphatic rings. The Morgan fingerprint density at radius 3 is 2.50 bits per heavy atom. The number of oxazole rings is 1. The molecule has 4 aromatic rings. The number of hydrogen-bond acceptors (Lipinski definition) is 8. The minimum atomic E-state index is -0.630.